The lowest BCUT2D eigenvalue weighted by molar-refractivity contribution is 0.0597. The van der Waals surface area contributed by atoms with Gasteiger partial charge in [0.15, 0.2) is 0 Å². The summed E-state index contributed by atoms with van der Waals surface area (Å²) in [6.45, 7) is 3.94. The molecule has 2 rings (SSSR count). The lowest BCUT2D eigenvalue weighted by Crippen LogP contribution is -2.07. The lowest BCUT2D eigenvalue weighted by atomic mass is 9.97. The van der Waals surface area contributed by atoms with Crippen LogP contribution in [0.5, 0.6) is 11.5 Å². The van der Waals surface area contributed by atoms with Crippen LogP contribution in [0.25, 0.3) is 12.2 Å². The second-order valence-electron chi connectivity index (χ2n) is 5.58. The van der Waals surface area contributed by atoms with Gasteiger partial charge in [0.2, 0.25) is 0 Å². The fourth-order valence-electron chi connectivity index (χ4n) is 2.32. The molecule has 0 bridgehead atoms. The van der Waals surface area contributed by atoms with Crippen molar-refractivity contribution in [3.05, 3.63) is 51.0 Å². The van der Waals surface area contributed by atoms with Crippen molar-refractivity contribution in [3.8, 4) is 11.5 Å². The first-order valence-electron chi connectivity index (χ1n) is 7.69. The summed E-state index contributed by atoms with van der Waals surface area (Å²) in [5, 5.41) is 10.7. The highest BCUT2D eigenvalue weighted by molar-refractivity contribution is 7.10. The molecule has 0 saturated heterocycles. The molecule has 2 aromatic rings. The zero-order valence-corrected chi connectivity index (χ0v) is 15.5. The molecule has 0 amide bonds. The monoisotopic (exact) mass is 359 g/mol. The topological polar surface area (TPSA) is 68.7 Å². The van der Waals surface area contributed by atoms with E-state index in [9.17, 15) is 9.90 Å². The van der Waals surface area contributed by atoms with Gasteiger partial charge in [-0.3, -0.25) is 4.98 Å². The largest absolute Gasteiger partial charge is 0.507 e. The maximum atomic E-state index is 12.2. The van der Waals surface area contributed by atoms with E-state index in [1.54, 1.807) is 23.8 Å². The highest BCUT2D eigenvalue weighted by Gasteiger charge is 2.22. The maximum absolute atomic E-state index is 12.2. The number of hydrogen-bond acceptors (Lipinski definition) is 6. The zero-order valence-electron chi connectivity index (χ0n) is 14.7. The average molecular weight is 359 g/mol. The first-order valence-corrected chi connectivity index (χ1v) is 8.57. The van der Waals surface area contributed by atoms with Gasteiger partial charge in [-0.05, 0) is 38.0 Å². The van der Waals surface area contributed by atoms with Crippen LogP contribution in [0.3, 0.4) is 0 Å². The normalized spacial score (nSPS) is 10.7. The van der Waals surface area contributed by atoms with Crippen LogP contribution in [0.4, 0.5) is 0 Å². The SMILES string of the molecule is COC(=O)c1c(/C=C/c2cncs2)cc(OC)c(CC=C(C)C)c1O. The molecule has 1 N–H and O–H groups in total. The molecule has 132 valence electrons. The number of thiazole rings is 1. The molecule has 1 aromatic carbocycles. The summed E-state index contributed by atoms with van der Waals surface area (Å²) in [4.78, 5) is 17.2. The molecule has 0 unspecified atom stereocenters. The molecule has 0 atom stereocenters. The number of methoxy groups -OCH3 is 2. The number of hydrogen-bond donors (Lipinski definition) is 1. The summed E-state index contributed by atoms with van der Waals surface area (Å²) in [6.07, 6.45) is 7.71. The van der Waals surface area contributed by atoms with E-state index in [0.717, 1.165) is 10.5 Å². The average Bonchev–Trinajstić information content (AvgIpc) is 3.11. The molecule has 25 heavy (non-hydrogen) atoms. The second-order valence-corrected chi connectivity index (χ2v) is 6.50. The Morgan fingerprint density at radius 1 is 1.32 bits per heavy atom. The Labute approximate surface area is 151 Å². The molecule has 5 nitrogen and oxygen atoms in total. The quantitative estimate of drug-likeness (QED) is 0.614. The van der Waals surface area contributed by atoms with Crippen molar-refractivity contribution in [2.24, 2.45) is 0 Å². The first-order chi connectivity index (χ1) is 12.0. The predicted molar refractivity (Wildman–Crippen MR) is 100 cm³/mol. The molecular formula is C19H21NO4S. The number of nitrogens with zero attached hydrogens (tertiary/aromatic N) is 1. The Morgan fingerprint density at radius 2 is 2.08 bits per heavy atom. The third-order valence-corrected chi connectivity index (χ3v) is 4.34. The second kappa shape index (κ2) is 8.48. The fourth-order valence-corrected chi connectivity index (χ4v) is 2.83. The number of esters is 1. The minimum absolute atomic E-state index is 0.118. The Bertz CT molecular complexity index is 803. The summed E-state index contributed by atoms with van der Waals surface area (Å²) in [7, 11) is 2.83. The molecule has 0 radical (unpaired) electrons. The number of aromatic nitrogens is 1. The number of benzene rings is 1. The van der Waals surface area contributed by atoms with Crippen molar-refractivity contribution in [1.29, 1.82) is 0 Å². The van der Waals surface area contributed by atoms with Crippen molar-refractivity contribution >= 4 is 29.5 Å². The Balaban J connectivity index is 2.59. The van der Waals surface area contributed by atoms with Gasteiger partial charge in [-0.2, -0.15) is 0 Å². The van der Waals surface area contributed by atoms with Gasteiger partial charge >= 0.3 is 5.97 Å². The van der Waals surface area contributed by atoms with Gasteiger partial charge in [0.25, 0.3) is 0 Å². The Morgan fingerprint density at radius 3 is 2.64 bits per heavy atom. The van der Waals surface area contributed by atoms with Gasteiger partial charge in [-0.1, -0.05) is 17.7 Å². The van der Waals surface area contributed by atoms with Crippen LogP contribution in [0.1, 0.15) is 40.2 Å². The minimum atomic E-state index is -0.595. The van der Waals surface area contributed by atoms with Crippen molar-refractivity contribution in [2.75, 3.05) is 14.2 Å². The minimum Gasteiger partial charge on any atom is -0.507 e. The van der Waals surface area contributed by atoms with Gasteiger partial charge in [0.05, 0.1) is 19.7 Å². The number of phenolic OH excluding ortho intramolecular Hbond substituents is 1. The van der Waals surface area contributed by atoms with Crippen molar-refractivity contribution < 1.29 is 19.4 Å². The van der Waals surface area contributed by atoms with E-state index in [1.165, 1.54) is 25.6 Å². The molecule has 1 heterocycles. The van der Waals surface area contributed by atoms with Gasteiger partial charge in [0, 0.05) is 16.6 Å². The first kappa shape index (κ1) is 18.7. The van der Waals surface area contributed by atoms with E-state index >= 15 is 0 Å². The molecule has 0 aliphatic rings. The molecule has 0 spiro atoms. The summed E-state index contributed by atoms with van der Waals surface area (Å²) in [5.74, 6) is -0.193. The molecule has 0 aliphatic carbocycles. The number of aromatic hydroxyl groups is 1. The van der Waals surface area contributed by atoms with E-state index in [-0.39, 0.29) is 11.3 Å². The predicted octanol–water partition coefficient (Wildman–Crippen LogP) is 4.32. The van der Waals surface area contributed by atoms with Crippen molar-refractivity contribution in [1.82, 2.24) is 4.98 Å². The highest BCUT2D eigenvalue weighted by atomic mass is 32.1. The Hall–Kier alpha value is -2.60. The molecule has 0 saturated carbocycles. The molecule has 6 heteroatoms. The van der Waals surface area contributed by atoms with Crippen LogP contribution in [-0.2, 0) is 11.2 Å². The van der Waals surface area contributed by atoms with Crippen LogP contribution in [0, 0.1) is 0 Å². The van der Waals surface area contributed by atoms with Gasteiger partial charge in [-0.25, -0.2) is 4.79 Å². The number of rotatable bonds is 6. The maximum Gasteiger partial charge on any atom is 0.342 e. The summed E-state index contributed by atoms with van der Waals surface area (Å²) < 4.78 is 10.3. The number of carbonyl (C=O) groups is 1. The molecular weight excluding hydrogens is 338 g/mol. The lowest BCUT2D eigenvalue weighted by Gasteiger charge is -2.15. The number of ether oxygens (including phenoxy) is 2. The van der Waals surface area contributed by atoms with E-state index < -0.39 is 5.97 Å². The number of allylic oxidation sites excluding steroid dienone is 2. The highest BCUT2D eigenvalue weighted by Crippen LogP contribution is 2.36. The van der Waals surface area contributed by atoms with Crippen LogP contribution in [0.2, 0.25) is 0 Å². The summed E-state index contributed by atoms with van der Waals surface area (Å²) in [5.41, 5.74) is 4.03. The molecule has 0 aliphatic heterocycles. The molecule has 0 fully saturated rings. The van der Waals surface area contributed by atoms with E-state index in [4.69, 9.17) is 9.47 Å². The fraction of sp³-hybridized carbons (Fsp3) is 0.263. The third-order valence-electron chi connectivity index (χ3n) is 3.60. The van der Waals surface area contributed by atoms with Gasteiger partial charge in [0.1, 0.15) is 17.1 Å². The van der Waals surface area contributed by atoms with Gasteiger partial charge in [-0.15, -0.1) is 11.3 Å². The zero-order chi connectivity index (χ0) is 18.4. The van der Waals surface area contributed by atoms with E-state index in [2.05, 4.69) is 4.98 Å². The summed E-state index contributed by atoms with van der Waals surface area (Å²) in [6, 6.07) is 1.73. The van der Waals surface area contributed by atoms with Crippen molar-refractivity contribution in [2.45, 2.75) is 20.3 Å². The Kier molecular flexibility index (Phi) is 6.36. The standard InChI is InChI=1S/C19H21NO4S/c1-12(2)5-8-15-16(23-3)9-13(6-7-14-10-20-11-25-14)17(18(15)21)19(22)24-4/h5-7,9-11,21H,8H2,1-4H3/b7-6+. The van der Waals surface area contributed by atoms with E-state index in [0.29, 0.717) is 23.3 Å². The number of carbonyl (C=O) groups excluding carboxylic acids is 1. The van der Waals surface area contributed by atoms with Crippen LogP contribution >= 0.6 is 11.3 Å². The van der Waals surface area contributed by atoms with Crippen LogP contribution in [0.15, 0.2) is 29.4 Å². The van der Waals surface area contributed by atoms with Crippen LogP contribution < -0.4 is 4.74 Å². The van der Waals surface area contributed by atoms with Crippen LogP contribution in [-0.4, -0.2) is 30.3 Å². The summed E-state index contributed by atoms with van der Waals surface area (Å²) >= 11 is 1.48. The van der Waals surface area contributed by atoms with Gasteiger partial charge < -0.3 is 14.6 Å². The molecule has 1 aromatic heterocycles. The smallest absolute Gasteiger partial charge is 0.342 e. The van der Waals surface area contributed by atoms with Crippen molar-refractivity contribution in [3.63, 3.8) is 0 Å². The number of phenols is 1. The van der Waals surface area contributed by atoms with E-state index in [1.807, 2.05) is 26.0 Å². The third kappa shape index (κ3) is 4.48.